The van der Waals surface area contributed by atoms with Crippen LogP contribution in [-0.4, -0.2) is 37.0 Å². The van der Waals surface area contributed by atoms with Gasteiger partial charge in [-0.25, -0.2) is 0 Å². The predicted molar refractivity (Wildman–Crippen MR) is 105 cm³/mol. The second kappa shape index (κ2) is 32.0. The van der Waals surface area contributed by atoms with Crippen LogP contribution in [0.25, 0.3) is 0 Å². The molecule has 148 valence electrons. The first-order valence-electron chi connectivity index (χ1n) is 9.14. The largest absolute Gasteiger partial charge is 2.00 e. The normalized spacial score (nSPS) is 9.39. The van der Waals surface area contributed by atoms with Crippen LogP contribution in [0.15, 0.2) is 0 Å². The van der Waals surface area contributed by atoms with E-state index in [0.29, 0.717) is 15.8 Å². The molecule has 0 saturated carbocycles. The van der Waals surface area contributed by atoms with E-state index in [2.05, 4.69) is 41.5 Å². The van der Waals surface area contributed by atoms with Crippen molar-refractivity contribution in [1.29, 1.82) is 0 Å². The SMILES string of the molecule is CCCP(CCC)CCC.CCCP(CCC)CCC.[Br-].[Br-].[Ni+2]. The molecule has 0 aliphatic rings. The first kappa shape index (κ1) is 36.3. The van der Waals surface area contributed by atoms with Crippen molar-refractivity contribution in [2.24, 2.45) is 0 Å². The Labute approximate surface area is 182 Å². The molecule has 0 spiro atoms. The molecular formula is C18H42Br2NiP2. The van der Waals surface area contributed by atoms with Crippen LogP contribution in [0, 0.1) is 0 Å². The molecule has 0 aromatic rings. The van der Waals surface area contributed by atoms with Gasteiger partial charge in [0.15, 0.2) is 0 Å². The third-order valence-corrected chi connectivity index (χ3v) is 9.72. The quantitative estimate of drug-likeness (QED) is 0.260. The second-order valence-corrected chi connectivity index (χ2v) is 11.0. The summed E-state index contributed by atoms with van der Waals surface area (Å²) in [5, 5.41) is 0. The second-order valence-electron chi connectivity index (χ2n) is 5.68. The smallest absolute Gasteiger partial charge is 1.00 e. The number of hydrogen-bond donors (Lipinski definition) is 0. The fourth-order valence-corrected chi connectivity index (χ4v) is 7.70. The minimum atomic E-state index is 0. The Bertz CT molecular complexity index is 129. The van der Waals surface area contributed by atoms with Crippen molar-refractivity contribution in [3.05, 3.63) is 0 Å². The third-order valence-electron chi connectivity index (χ3n) is 3.24. The van der Waals surface area contributed by atoms with Gasteiger partial charge in [0.2, 0.25) is 0 Å². The minimum absolute atomic E-state index is 0. The van der Waals surface area contributed by atoms with E-state index in [0.717, 1.165) is 0 Å². The molecule has 0 rings (SSSR count). The van der Waals surface area contributed by atoms with Crippen LogP contribution < -0.4 is 34.0 Å². The molecule has 0 bridgehead atoms. The summed E-state index contributed by atoms with van der Waals surface area (Å²) in [5.41, 5.74) is 0. The van der Waals surface area contributed by atoms with Gasteiger partial charge >= 0.3 is 16.5 Å². The zero-order chi connectivity index (χ0) is 15.6. The van der Waals surface area contributed by atoms with Crippen LogP contribution >= 0.6 is 15.8 Å². The molecule has 0 saturated heterocycles. The van der Waals surface area contributed by atoms with Gasteiger partial charge in [-0.2, -0.15) is 0 Å². The maximum Gasteiger partial charge on any atom is 2.00 e. The maximum atomic E-state index is 2.31. The molecule has 0 fully saturated rings. The molecule has 5 heteroatoms. The standard InChI is InChI=1S/2C9H21P.2BrH.Ni/c2*1-4-7-10(8-5-2)9-6-3;;;/h2*4-9H2,1-3H3;2*1H;/q;;;;+2/p-2. The molecule has 0 aromatic heterocycles. The predicted octanol–water partition coefficient (Wildman–Crippen LogP) is 1.40. The Morgan fingerprint density at radius 2 is 0.522 bits per heavy atom. The average Bonchev–Trinajstić information content (AvgIpc) is 2.41. The number of halogens is 2. The molecule has 0 aliphatic heterocycles. The molecule has 0 nitrogen and oxygen atoms in total. The van der Waals surface area contributed by atoms with Gasteiger partial charge in [0.25, 0.3) is 0 Å². The van der Waals surface area contributed by atoms with Gasteiger partial charge < -0.3 is 34.0 Å². The molecule has 0 amide bonds. The Hall–Kier alpha value is 2.31. The Morgan fingerprint density at radius 1 is 0.391 bits per heavy atom. The van der Waals surface area contributed by atoms with Gasteiger partial charge in [0.05, 0.1) is 0 Å². The van der Waals surface area contributed by atoms with Crippen molar-refractivity contribution in [2.75, 3.05) is 37.0 Å². The summed E-state index contributed by atoms with van der Waals surface area (Å²) in [6.45, 7) is 13.8. The van der Waals surface area contributed by atoms with E-state index >= 15 is 0 Å². The Morgan fingerprint density at radius 3 is 0.609 bits per heavy atom. The first-order chi connectivity index (χ1) is 9.69. The summed E-state index contributed by atoms with van der Waals surface area (Å²) in [4.78, 5) is 0. The molecule has 0 radical (unpaired) electrons. The molecule has 0 unspecified atom stereocenters. The van der Waals surface area contributed by atoms with Crippen LogP contribution in [0.4, 0.5) is 0 Å². The average molecular weight is 539 g/mol. The number of rotatable bonds is 12. The number of hydrogen-bond acceptors (Lipinski definition) is 0. The van der Waals surface area contributed by atoms with Gasteiger partial charge in [-0.05, 0) is 37.0 Å². The van der Waals surface area contributed by atoms with Crippen molar-refractivity contribution < 1.29 is 50.5 Å². The van der Waals surface area contributed by atoms with E-state index < -0.39 is 0 Å². The summed E-state index contributed by atoms with van der Waals surface area (Å²) in [6, 6.07) is 0. The van der Waals surface area contributed by atoms with Crippen LogP contribution in [-0.2, 0) is 16.5 Å². The summed E-state index contributed by atoms with van der Waals surface area (Å²) in [5.74, 6) is 0. The van der Waals surface area contributed by atoms with E-state index in [1.165, 1.54) is 75.5 Å². The van der Waals surface area contributed by atoms with E-state index in [9.17, 15) is 0 Å². The van der Waals surface area contributed by atoms with Crippen molar-refractivity contribution in [1.82, 2.24) is 0 Å². The molecule has 0 aliphatic carbocycles. The van der Waals surface area contributed by atoms with Crippen LogP contribution in [0.1, 0.15) is 80.1 Å². The fraction of sp³-hybridized carbons (Fsp3) is 1.00. The summed E-state index contributed by atoms with van der Waals surface area (Å²) < 4.78 is 0. The van der Waals surface area contributed by atoms with Gasteiger partial charge in [-0.15, -0.1) is 15.8 Å². The molecule has 0 atom stereocenters. The van der Waals surface area contributed by atoms with E-state index in [1.54, 1.807) is 0 Å². The van der Waals surface area contributed by atoms with Gasteiger partial charge in [0.1, 0.15) is 0 Å². The molecule has 0 N–H and O–H groups in total. The Balaban J connectivity index is -0.0000000831. The Kier molecular flexibility index (Phi) is 50.5. The van der Waals surface area contributed by atoms with Crippen LogP contribution in [0.2, 0.25) is 0 Å². The molecule has 23 heavy (non-hydrogen) atoms. The third kappa shape index (κ3) is 29.3. The summed E-state index contributed by atoms with van der Waals surface area (Å²) in [6.07, 6.45) is 17.4. The first-order valence-corrected chi connectivity index (χ1v) is 12.9. The molecule has 0 aromatic carbocycles. The summed E-state index contributed by atoms with van der Waals surface area (Å²) in [7, 11) is 0.878. The van der Waals surface area contributed by atoms with E-state index in [4.69, 9.17) is 0 Å². The fourth-order valence-electron chi connectivity index (χ4n) is 2.57. The maximum absolute atomic E-state index is 2.31. The van der Waals surface area contributed by atoms with Crippen LogP contribution in [0.5, 0.6) is 0 Å². The van der Waals surface area contributed by atoms with Gasteiger partial charge in [0, 0.05) is 0 Å². The zero-order valence-corrected chi connectivity index (χ0v) is 22.4. The van der Waals surface area contributed by atoms with E-state index in [-0.39, 0.29) is 50.5 Å². The zero-order valence-electron chi connectivity index (χ0n) is 16.5. The van der Waals surface area contributed by atoms with Gasteiger partial charge in [-0.3, -0.25) is 0 Å². The van der Waals surface area contributed by atoms with E-state index in [1.807, 2.05) is 0 Å². The summed E-state index contributed by atoms with van der Waals surface area (Å²) >= 11 is 0. The topological polar surface area (TPSA) is 0 Å². The molecule has 0 heterocycles. The van der Waals surface area contributed by atoms with Crippen LogP contribution in [0.3, 0.4) is 0 Å². The van der Waals surface area contributed by atoms with Crippen molar-refractivity contribution in [3.63, 3.8) is 0 Å². The molecular weight excluding hydrogens is 497 g/mol. The van der Waals surface area contributed by atoms with Crippen molar-refractivity contribution in [3.8, 4) is 0 Å². The van der Waals surface area contributed by atoms with Gasteiger partial charge in [-0.1, -0.05) is 80.1 Å². The van der Waals surface area contributed by atoms with Crippen molar-refractivity contribution in [2.45, 2.75) is 80.1 Å². The minimum Gasteiger partial charge on any atom is -1.00 e. The van der Waals surface area contributed by atoms with Crippen molar-refractivity contribution >= 4 is 15.8 Å². The monoisotopic (exact) mass is 536 g/mol.